The van der Waals surface area contributed by atoms with Crippen molar-refractivity contribution in [2.24, 2.45) is 11.8 Å². The number of aromatic nitrogens is 2. The molecule has 2 aromatic heterocycles. The van der Waals surface area contributed by atoms with Gasteiger partial charge >= 0.3 is 0 Å². The minimum absolute atomic E-state index is 0.206. The summed E-state index contributed by atoms with van der Waals surface area (Å²) in [6.45, 7) is 9.52. The van der Waals surface area contributed by atoms with E-state index in [2.05, 4.69) is 31.0 Å². The molecule has 0 N–H and O–H groups in total. The number of nitrogens with zero attached hydrogens (tertiary/aromatic N) is 4. The van der Waals surface area contributed by atoms with Crippen LogP contribution in [-0.2, 0) is 16.6 Å². The molecular formula is C29H32N4O3S2. The third kappa shape index (κ3) is 5.36. The molecule has 0 bridgehead atoms. The summed E-state index contributed by atoms with van der Waals surface area (Å²) < 4.78 is 29.2. The van der Waals surface area contributed by atoms with Gasteiger partial charge in [-0.15, -0.1) is 0 Å². The highest BCUT2D eigenvalue weighted by atomic mass is 32.2. The molecule has 0 spiro atoms. The Hall–Kier alpha value is -3.14. The molecular weight excluding hydrogens is 516 g/mol. The molecule has 1 aliphatic rings. The molecule has 3 heterocycles. The molecule has 2 unspecified atom stereocenters. The quantitative estimate of drug-likeness (QED) is 0.303. The van der Waals surface area contributed by atoms with Crippen LogP contribution in [0.4, 0.5) is 5.13 Å². The second-order valence-corrected chi connectivity index (χ2v) is 13.4. The average Bonchev–Trinajstić information content (AvgIpc) is 3.31. The topological polar surface area (TPSA) is 83.5 Å². The van der Waals surface area contributed by atoms with Crippen LogP contribution in [0.15, 0.2) is 65.7 Å². The average molecular weight is 549 g/mol. The second kappa shape index (κ2) is 10.6. The third-order valence-corrected chi connectivity index (χ3v) is 9.79. The Labute approximate surface area is 228 Å². The number of piperidine rings is 1. The number of rotatable bonds is 6. The lowest BCUT2D eigenvalue weighted by Gasteiger charge is -2.34. The molecule has 5 rings (SSSR count). The number of aryl methyl sites for hydroxylation is 2. The van der Waals surface area contributed by atoms with Crippen LogP contribution in [0.25, 0.3) is 10.2 Å². The monoisotopic (exact) mass is 548 g/mol. The van der Waals surface area contributed by atoms with Crippen molar-refractivity contribution in [1.82, 2.24) is 14.3 Å². The van der Waals surface area contributed by atoms with Gasteiger partial charge in [0, 0.05) is 24.8 Å². The van der Waals surface area contributed by atoms with E-state index in [1.165, 1.54) is 23.5 Å². The van der Waals surface area contributed by atoms with Gasteiger partial charge in [0.1, 0.15) is 0 Å². The highest BCUT2D eigenvalue weighted by molar-refractivity contribution is 7.89. The summed E-state index contributed by atoms with van der Waals surface area (Å²) in [4.78, 5) is 24.9. The molecule has 198 valence electrons. The van der Waals surface area contributed by atoms with E-state index in [0.29, 0.717) is 35.6 Å². The van der Waals surface area contributed by atoms with Crippen molar-refractivity contribution in [1.29, 1.82) is 0 Å². The lowest BCUT2D eigenvalue weighted by atomic mass is 9.94. The maximum absolute atomic E-state index is 13.8. The van der Waals surface area contributed by atoms with E-state index < -0.39 is 10.0 Å². The van der Waals surface area contributed by atoms with Crippen molar-refractivity contribution in [3.63, 3.8) is 0 Å². The summed E-state index contributed by atoms with van der Waals surface area (Å²) in [5.74, 6) is 0.375. The first-order valence-electron chi connectivity index (χ1n) is 12.8. The fourth-order valence-electron chi connectivity index (χ4n) is 5.23. The number of thiazole rings is 1. The summed E-state index contributed by atoms with van der Waals surface area (Å²) in [5, 5.41) is 0.581. The highest BCUT2D eigenvalue weighted by Crippen LogP contribution is 2.33. The number of fused-ring (bicyclic) bond motifs is 1. The van der Waals surface area contributed by atoms with E-state index in [4.69, 9.17) is 4.98 Å². The maximum atomic E-state index is 13.8. The Bertz CT molecular complexity index is 1560. The van der Waals surface area contributed by atoms with Gasteiger partial charge in [0.05, 0.1) is 27.4 Å². The Morgan fingerprint density at radius 2 is 1.76 bits per heavy atom. The Morgan fingerprint density at radius 3 is 2.42 bits per heavy atom. The molecule has 1 saturated heterocycles. The van der Waals surface area contributed by atoms with Gasteiger partial charge in [-0.1, -0.05) is 37.3 Å². The zero-order valence-electron chi connectivity index (χ0n) is 22.1. The fraction of sp³-hybridized carbons (Fsp3) is 0.345. The first kappa shape index (κ1) is 26.5. The van der Waals surface area contributed by atoms with Crippen LogP contribution in [0.5, 0.6) is 0 Å². The molecule has 0 saturated carbocycles. The van der Waals surface area contributed by atoms with Crippen molar-refractivity contribution in [2.75, 3.05) is 18.0 Å². The van der Waals surface area contributed by atoms with E-state index in [0.717, 1.165) is 33.5 Å². The summed E-state index contributed by atoms with van der Waals surface area (Å²) in [6, 6.07) is 16.0. The number of anilines is 1. The highest BCUT2D eigenvalue weighted by Gasteiger charge is 2.32. The van der Waals surface area contributed by atoms with E-state index in [9.17, 15) is 13.2 Å². The second-order valence-electron chi connectivity index (χ2n) is 10.4. The number of benzene rings is 2. The minimum atomic E-state index is -3.63. The molecule has 4 aromatic rings. The predicted molar refractivity (Wildman–Crippen MR) is 152 cm³/mol. The van der Waals surface area contributed by atoms with E-state index in [-0.39, 0.29) is 17.3 Å². The summed E-state index contributed by atoms with van der Waals surface area (Å²) >= 11 is 1.47. The van der Waals surface area contributed by atoms with E-state index in [1.54, 1.807) is 27.5 Å². The number of sulfonamides is 1. The first-order chi connectivity index (χ1) is 18.1. The van der Waals surface area contributed by atoms with Gasteiger partial charge < -0.3 is 0 Å². The lowest BCUT2D eigenvalue weighted by Crippen LogP contribution is -2.42. The van der Waals surface area contributed by atoms with Gasteiger partial charge in [-0.2, -0.15) is 4.31 Å². The Morgan fingerprint density at radius 1 is 1.05 bits per heavy atom. The largest absolute Gasteiger partial charge is 0.278 e. The maximum Gasteiger partial charge on any atom is 0.260 e. The molecule has 0 radical (unpaired) electrons. The SMILES string of the molecule is Cc1cc(C)c2nc(N(Cc3ccccn3)C(=O)c3ccc(S(=O)(=O)N4CC(C)CC(C)C4)cc3)sc2c1. The molecule has 2 aromatic carbocycles. The molecule has 38 heavy (non-hydrogen) atoms. The van der Waals surface area contributed by atoms with E-state index >= 15 is 0 Å². The van der Waals surface area contributed by atoms with Crippen LogP contribution in [-0.4, -0.2) is 41.7 Å². The number of amides is 1. The van der Waals surface area contributed by atoms with Gasteiger partial charge in [-0.25, -0.2) is 13.4 Å². The smallest absolute Gasteiger partial charge is 0.260 e. The van der Waals surface area contributed by atoms with Crippen molar-refractivity contribution >= 4 is 42.6 Å². The van der Waals surface area contributed by atoms with Crippen LogP contribution in [0.3, 0.4) is 0 Å². The molecule has 9 heteroatoms. The minimum Gasteiger partial charge on any atom is -0.278 e. The number of carbonyl (C=O) groups excluding carboxylic acids is 1. The van der Waals surface area contributed by atoms with Gasteiger partial charge in [0.25, 0.3) is 5.91 Å². The van der Waals surface area contributed by atoms with Crippen LogP contribution in [0.2, 0.25) is 0 Å². The van der Waals surface area contributed by atoms with Crippen molar-refractivity contribution in [3.8, 4) is 0 Å². The number of pyridine rings is 1. The standard InChI is InChI=1S/C29H32N4O3S2/c1-19-14-22(4)27-26(15-19)37-29(31-27)33(18-24-7-5-6-12-30-24)28(34)23-8-10-25(11-9-23)38(35,36)32-16-20(2)13-21(3)17-32/h5-12,14-15,20-21H,13,16-18H2,1-4H3. The van der Waals surface area contributed by atoms with Crippen LogP contribution >= 0.6 is 11.3 Å². The normalized spacial score (nSPS) is 18.5. The first-order valence-corrected chi connectivity index (χ1v) is 15.1. The number of carbonyl (C=O) groups is 1. The zero-order valence-corrected chi connectivity index (χ0v) is 23.7. The Balaban J connectivity index is 1.47. The fourth-order valence-corrected chi connectivity index (χ4v) is 8.05. The number of hydrogen-bond acceptors (Lipinski definition) is 6. The van der Waals surface area contributed by atoms with Gasteiger partial charge in [0.2, 0.25) is 10.0 Å². The van der Waals surface area contributed by atoms with Crippen molar-refractivity contribution in [3.05, 3.63) is 83.2 Å². The molecule has 1 aliphatic heterocycles. The van der Waals surface area contributed by atoms with E-state index in [1.807, 2.05) is 32.0 Å². The van der Waals surface area contributed by atoms with Crippen LogP contribution in [0, 0.1) is 25.7 Å². The van der Waals surface area contributed by atoms with Crippen LogP contribution in [0.1, 0.15) is 47.4 Å². The zero-order chi connectivity index (χ0) is 27.0. The van der Waals surface area contributed by atoms with Crippen molar-refractivity contribution < 1.29 is 13.2 Å². The summed E-state index contributed by atoms with van der Waals surface area (Å²) in [6.07, 6.45) is 2.72. The van der Waals surface area contributed by atoms with Crippen molar-refractivity contribution in [2.45, 2.75) is 45.6 Å². The van der Waals surface area contributed by atoms with Crippen LogP contribution < -0.4 is 4.90 Å². The Kier molecular flexibility index (Phi) is 7.35. The summed E-state index contributed by atoms with van der Waals surface area (Å²) in [5.41, 5.74) is 4.21. The lowest BCUT2D eigenvalue weighted by molar-refractivity contribution is 0.0984. The molecule has 7 nitrogen and oxygen atoms in total. The third-order valence-electron chi connectivity index (χ3n) is 6.92. The number of hydrogen-bond donors (Lipinski definition) is 0. The molecule has 1 fully saturated rings. The molecule has 0 aliphatic carbocycles. The van der Waals surface area contributed by atoms with Gasteiger partial charge in [-0.05, 0) is 85.7 Å². The van der Waals surface area contributed by atoms with Gasteiger partial charge in [-0.3, -0.25) is 14.7 Å². The van der Waals surface area contributed by atoms with Gasteiger partial charge in [0.15, 0.2) is 5.13 Å². The summed E-state index contributed by atoms with van der Waals surface area (Å²) in [7, 11) is -3.63. The molecule has 2 atom stereocenters. The predicted octanol–water partition coefficient (Wildman–Crippen LogP) is 5.82. The molecule has 1 amide bonds.